The first-order valence-corrected chi connectivity index (χ1v) is 8.33. The third-order valence-corrected chi connectivity index (χ3v) is 4.57. The molecule has 23 heavy (non-hydrogen) atoms. The predicted octanol–water partition coefficient (Wildman–Crippen LogP) is 2.95. The molecule has 1 heterocycles. The van der Waals surface area contributed by atoms with Gasteiger partial charge in [0.2, 0.25) is 0 Å². The van der Waals surface area contributed by atoms with Crippen molar-refractivity contribution in [3.05, 3.63) is 46.5 Å². The van der Waals surface area contributed by atoms with E-state index in [1.807, 2.05) is 24.3 Å². The zero-order chi connectivity index (χ0) is 17.0. The molecule has 0 fully saturated rings. The second kappa shape index (κ2) is 7.10. The highest BCUT2D eigenvalue weighted by molar-refractivity contribution is 7.17. The van der Waals surface area contributed by atoms with Crippen molar-refractivity contribution < 1.29 is 9.90 Å². The van der Waals surface area contributed by atoms with Gasteiger partial charge in [-0.1, -0.05) is 56.4 Å². The molecule has 1 unspecified atom stereocenters. The number of hydrogen-bond acceptors (Lipinski definition) is 5. The number of rotatable bonds is 5. The number of nitrogens with zero attached hydrogens (tertiary/aromatic N) is 1. The van der Waals surface area contributed by atoms with E-state index in [-0.39, 0.29) is 17.9 Å². The molecule has 0 aliphatic rings. The first-order chi connectivity index (χ1) is 10.8. The van der Waals surface area contributed by atoms with Gasteiger partial charge in [-0.15, -0.1) is 0 Å². The molecule has 0 radical (unpaired) electrons. The van der Waals surface area contributed by atoms with E-state index < -0.39 is 6.10 Å². The second-order valence-electron chi connectivity index (χ2n) is 6.38. The summed E-state index contributed by atoms with van der Waals surface area (Å²) in [5.74, 6) is -0.227. The van der Waals surface area contributed by atoms with E-state index in [2.05, 4.69) is 36.4 Å². The molecule has 1 aromatic heterocycles. The van der Waals surface area contributed by atoms with Crippen molar-refractivity contribution in [1.82, 2.24) is 10.3 Å². The zero-order valence-electron chi connectivity index (χ0n) is 13.9. The summed E-state index contributed by atoms with van der Waals surface area (Å²) in [5.41, 5.74) is 2.08. The highest BCUT2D eigenvalue weighted by atomic mass is 32.1. The van der Waals surface area contributed by atoms with Crippen LogP contribution in [0.4, 0.5) is 5.13 Å². The van der Waals surface area contributed by atoms with Crippen molar-refractivity contribution in [3.8, 4) is 0 Å². The Hall–Kier alpha value is -1.92. The summed E-state index contributed by atoms with van der Waals surface area (Å²) in [7, 11) is 1.76. The van der Waals surface area contributed by atoms with Crippen LogP contribution in [0.2, 0.25) is 0 Å². The van der Waals surface area contributed by atoms with Gasteiger partial charge in [0.15, 0.2) is 5.13 Å². The summed E-state index contributed by atoms with van der Waals surface area (Å²) in [6, 6.07) is 7.85. The molecule has 6 heteroatoms. The maximum absolute atomic E-state index is 12.0. The standard InChI is InChI=1S/C17H23N3O2S/c1-17(2,3)12-7-5-11(6-8-12)13(21)9-19-15(22)14-10-20-16(18-4)23-14/h5-8,10,13,21H,9H2,1-4H3,(H,18,20)(H,19,22). The number of anilines is 1. The Bertz CT molecular complexity index is 659. The van der Waals surface area contributed by atoms with Crippen LogP contribution in [0.25, 0.3) is 0 Å². The molecule has 1 atom stereocenters. The highest BCUT2D eigenvalue weighted by Crippen LogP contribution is 2.24. The summed E-state index contributed by atoms with van der Waals surface area (Å²) in [5, 5.41) is 16.5. The molecule has 0 saturated carbocycles. The number of aliphatic hydroxyl groups excluding tert-OH is 1. The van der Waals surface area contributed by atoms with Crippen molar-refractivity contribution in [2.45, 2.75) is 32.3 Å². The SMILES string of the molecule is CNc1ncc(C(=O)NCC(O)c2ccc(C(C)(C)C)cc2)s1. The van der Waals surface area contributed by atoms with E-state index in [0.717, 1.165) is 5.56 Å². The lowest BCUT2D eigenvalue weighted by atomic mass is 9.86. The maximum Gasteiger partial charge on any atom is 0.263 e. The molecular formula is C17H23N3O2S. The summed E-state index contributed by atoms with van der Waals surface area (Å²) < 4.78 is 0. The minimum atomic E-state index is -0.732. The minimum Gasteiger partial charge on any atom is -0.387 e. The minimum absolute atomic E-state index is 0.0783. The van der Waals surface area contributed by atoms with E-state index in [1.165, 1.54) is 23.1 Å². The summed E-state index contributed by atoms with van der Waals surface area (Å²) in [4.78, 5) is 16.6. The summed E-state index contributed by atoms with van der Waals surface area (Å²) >= 11 is 1.28. The average molecular weight is 333 g/mol. The predicted molar refractivity (Wildman–Crippen MR) is 94.1 cm³/mol. The molecule has 124 valence electrons. The van der Waals surface area contributed by atoms with Crippen molar-refractivity contribution in [1.29, 1.82) is 0 Å². The number of benzene rings is 1. The zero-order valence-corrected chi connectivity index (χ0v) is 14.7. The Morgan fingerprint density at radius 1 is 1.30 bits per heavy atom. The first kappa shape index (κ1) is 17.4. The molecule has 1 aromatic carbocycles. The lowest BCUT2D eigenvalue weighted by molar-refractivity contribution is 0.0920. The first-order valence-electron chi connectivity index (χ1n) is 7.51. The lowest BCUT2D eigenvalue weighted by Crippen LogP contribution is -2.27. The fourth-order valence-corrected chi connectivity index (χ4v) is 2.78. The van der Waals surface area contributed by atoms with Gasteiger partial charge in [0, 0.05) is 13.6 Å². The van der Waals surface area contributed by atoms with Crippen LogP contribution >= 0.6 is 11.3 Å². The molecule has 0 spiro atoms. The largest absolute Gasteiger partial charge is 0.387 e. The van der Waals surface area contributed by atoms with E-state index in [4.69, 9.17) is 0 Å². The smallest absolute Gasteiger partial charge is 0.263 e. The molecule has 5 nitrogen and oxygen atoms in total. The lowest BCUT2D eigenvalue weighted by Gasteiger charge is -2.20. The average Bonchev–Trinajstić information content (AvgIpc) is 3.00. The van der Waals surface area contributed by atoms with Gasteiger partial charge in [0.05, 0.1) is 12.3 Å². The van der Waals surface area contributed by atoms with E-state index in [1.54, 1.807) is 7.05 Å². The normalized spacial score (nSPS) is 12.7. The van der Waals surface area contributed by atoms with Gasteiger partial charge in [0.25, 0.3) is 5.91 Å². The number of aromatic nitrogens is 1. The molecule has 0 aliphatic carbocycles. The van der Waals surface area contributed by atoms with Crippen LogP contribution in [-0.2, 0) is 5.41 Å². The van der Waals surface area contributed by atoms with E-state index >= 15 is 0 Å². The van der Waals surface area contributed by atoms with E-state index in [9.17, 15) is 9.90 Å². The molecule has 0 bridgehead atoms. The Balaban J connectivity index is 1.94. The van der Waals surface area contributed by atoms with Gasteiger partial charge in [-0.25, -0.2) is 4.98 Å². The number of nitrogens with one attached hydrogen (secondary N) is 2. The number of carbonyl (C=O) groups is 1. The third-order valence-electron chi connectivity index (χ3n) is 3.56. The van der Waals surface area contributed by atoms with Crippen molar-refractivity contribution in [3.63, 3.8) is 0 Å². The number of thiazole rings is 1. The van der Waals surface area contributed by atoms with Crippen LogP contribution in [0.5, 0.6) is 0 Å². The quantitative estimate of drug-likeness (QED) is 0.786. The number of carbonyl (C=O) groups excluding carboxylic acids is 1. The van der Waals surface area contributed by atoms with Crippen LogP contribution in [-0.4, -0.2) is 29.6 Å². The topological polar surface area (TPSA) is 74.2 Å². The molecule has 2 rings (SSSR count). The highest BCUT2D eigenvalue weighted by Gasteiger charge is 2.16. The van der Waals surface area contributed by atoms with Gasteiger partial charge < -0.3 is 15.7 Å². The van der Waals surface area contributed by atoms with Crippen LogP contribution in [0, 0.1) is 0 Å². The van der Waals surface area contributed by atoms with Gasteiger partial charge in [-0.05, 0) is 16.5 Å². The fraction of sp³-hybridized carbons (Fsp3) is 0.412. The number of amides is 1. The molecule has 3 N–H and O–H groups in total. The Labute approximate surface area is 140 Å². The maximum atomic E-state index is 12.0. The Morgan fingerprint density at radius 3 is 2.48 bits per heavy atom. The molecule has 0 saturated heterocycles. The van der Waals surface area contributed by atoms with Crippen molar-refractivity contribution in [2.24, 2.45) is 0 Å². The van der Waals surface area contributed by atoms with Crippen LogP contribution < -0.4 is 10.6 Å². The van der Waals surface area contributed by atoms with Crippen LogP contribution in [0.1, 0.15) is 47.7 Å². The molecule has 2 aromatic rings. The third kappa shape index (κ3) is 4.53. The summed E-state index contributed by atoms with van der Waals surface area (Å²) in [6.07, 6.45) is 0.792. The van der Waals surface area contributed by atoms with Gasteiger partial charge in [0.1, 0.15) is 4.88 Å². The number of hydrogen-bond donors (Lipinski definition) is 3. The van der Waals surface area contributed by atoms with Gasteiger partial charge in [-0.2, -0.15) is 0 Å². The molecule has 1 amide bonds. The van der Waals surface area contributed by atoms with Crippen LogP contribution in [0.3, 0.4) is 0 Å². The molecular weight excluding hydrogens is 310 g/mol. The fourth-order valence-electron chi connectivity index (χ4n) is 2.09. The monoisotopic (exact) mass is 333 g/mol. The van der Waals surface area contributed by atoms with Gasteiger partial charge in [-0.3, -0.25) is 4.79 Å². The Morgan fingerprint density at radius 2 is 1.96 bits per heavy atom. The van der Waals surface area contributed by atoms with Crippen molar-refractivity contribution >= 4 is 22.4 Å². The van der Waals surface area contributed by atoms with Crippen molar-refractivity contribution in [2.75, 3.05) is 18.9 Å². The number of aliphatic hydroxyl groups is 1. The van der Waals surface area contributed by atoms with E-state index in [0.29, 0.717) is 10.0 Å². The second-order valence-corrected chi connectivity index (χ2v) is 7.41. The Kier molecular flexibility index (Phi) is 5.38. The summed E-state index contributed by atoms with van der Waals surface area (Å²) in [6.45, 7) is 6.61. The van der Waals surface area contributed by atoms with Crippen LogP contribution in [0.15, 0.2) is 30.5 Å². The van der Waals surface area contributed by atoms with Gasteiger partial charge >= 0.3 is 0 Å². The molecule has 0 aliphatic heterocycles.